The van der Waals surface area contributed by atoms with Crippen molar-refractivity contribution in [1.29, 1.82) is 0 Å². The molecule has 0 bridgehead atoms. The largest absolute Gasteiger partial charge is 0.472 e. The first-order valence-corrected chi connectivity index (χ1v) is 43.8. The molecule has 0 aliphatic carbocycles. The van der Waals surface area contributed by atoms with Gasteiger partial charge in [0, 0.05) is 25.7 Å². The van der Waals surface area contributed by atoms with E-state index in [9.17, 15) is 43.2 Å². The van der Waals surface area contributed by atoms with Crippen LogP contribution in [-0.4, -0.2) is 96.7 Å². The van der Waals surface area contributed by atoms with Gasteiger partial charge in [-0.2, -0.15) is 0 Å². The van der Waals surface area contributed by atoms with Crippen molar-refractivity contribution in [3.8, 4) is 0 Å². The number of hydrogen-bond acceptors (Lipinski definition) is 15. The summed E-state index contributed by atoms with van der Waals surface area (Å²) in [5.74, 6) is -0.485. The van der Waals surface area contributed by atoms with Gasteiger partial charge in [0.1, 0.15) is 19.3 Å². The van der Waals surface area contributed by atoms with E-state index in [4.69, 9.17) is 37.0 Å². The first kappa shape index (κ1) is 96.5. The van der Waals surface area contributed by atoms with Crippen molar-refractivity contribution >= 4 is 39.5 Å². The Morgan fingerprint density at radius 3 is 0.909 bits per heavy atom. The number of rotatable bonds is 77. The van der Waals surface area contributed by atoms with Gasteiger partial charge in [0.05, 0.1) is 26.4 Å². The number of phosphoric acid groups is 2. The lowest BCUT2D eigenvalue weighted by atomic mass is 9.99. The summed E-state index contributed by atoms with van der Waals surface area (Å²) >= 11 is 0. The molecule has 0 saturated heterocycles. The molecule has 584 valence electrons. The summed E-state index contributed by atoms with van der Waals surface area (Å²) in [6.07, 6.45) is 63.7. The summed E-state index contributed by atoms with van der Waals surface area (Å²) in [5.41, 5.74) is 0. The fraction of sp³-hybridized carbons (Fsp3) is 0.900. The van der Waals surface area contributed by atoms with E-state index in [1.165, 1.54) is 193 Å². The molecule has 0 aromatic carbocycles. The third kappa shape index (κ3) is 72.3. The summed E-state index contributed by atoms with van der Waals surface area (Å²) in [6, 6.07) is 0. The zero-order valence-corrected chi connectivity index (χ0v) is 66.1. The van der Waals surface area contributed by atoms with E-state index in [-0.39, 0.29) is 25.7 Å². The fourth-order valence-electron chi connectivity index (χ4n) is 11.8. The van der Waals surface area contributed by atoms with Crippen LogP contribution in [0.1, 0.15) is 395 Å². The summed E-state index contributed by atoms with van der Waals surface area (Å²) in [7, 11) is -9.92. The van der Waals surface area contributed by atoms with Crippen LogP contribution in [-0.2, 0) is 65.4 Å². The van der Waals surface area contributed by atoms with Crippen LogP contribution in [0.2, 0.25) is 0 Å². The van der Waals surface area contributed by atoms with E-state index in [0.29, 0.717) is 25.7 Å². The van der Waals surface area contributed by atoms with E-state index >= 15 is 0 Å². The Labute approximate surface area is 605 Å². The maximum atomic E-state index is 13.1. The van der Waals surface area contributed by atoms with Crippen molar-refractivity contribution in [2.75, 3.05) is 39.6 Å². The van der Waals surface area contributed by atoms with Gasteiger partial charge in [-0.15, -0.1) is 0 Å². The molecule has 17 nitrogen and oxygen atoms in total. The topological polar surface area (TPSA) is 237 Å². The minimum Gasteiger partial charge on any atom is -0.462 e. The van der Waals surface area contributed by atoms with Gasteiger partial charge in [0.15, 0.2) is 12.2 Å². The van der Waals surface area contributed by atoms with E-state index in [1.807, 2.05) is 0 Å². The molecular formula is C80H152O17P2. The second kappa shape index (κ2) is 71.2. The van der Waals surface area contributed by atoms with Crippen LogP contribution in [0.15, 0.2) is 24.3 Å². The van der Waals surface area contributed by atoms with Crippen LogP contribution >= 0.6 is 15.6 Å². The number of unbranched alkanes of at least 4 members (excludes halogenated alkanes) is 43. The molecule has 0 saturated carbocycles. The molecular weight excluding hydrogens is 1290 g/mol. The van der Waals surface area contributed by atoms with Crippen molar-refractivity contribution < 1.29 is 80.2 Å². The quantitative estimate of drug-likeness (QED) is 0.0169. The molecule has 19 heteroatoms. The molecule has 3 N–H and O–H groups in total. The Balaban J connectivity index is 5.16. The molecule has 0 aromatic rings. The zero-order valence-electron chi connectivity index (χ0n) is 64.3. The Kier molecular flexibility index (Phi) is 69.4. The number of hydrogen-bond donors (Lipinski definition) is 3. The zero-order chi connectivity index (χ0) is 72.8. The number of aliphatic hydroxyl groups excluding tert-OH is 1. The highest BCUT2D eigenvalue weighted by Gasteiger charge is 2.30. The number of ether oxygens (including phenoxy) is 4. The Bertz CT molecular complexity index is 2000. The Morgan fingerprint density at radius 1 is 0.333 bits per heavy atom. The predicted octanol–water partition coefficient (Wildman–Crippen LogP) is 23.4. The molecule has 99 heavy (non-hydrogen) atoms. The smallest absolute Gasteiger partial charge is 0.462 e. The van der Waals surface area contributed by atoms with Crippen LogP contribution in [0.3, 0.4) is 0 Å². The molecule has 0 aliphatic heterocycles. The third-order valence-electron chi connectivity index (χ3n) is 18.4. The number of aliphatic hydroxyl groups is 1. The lowest BCUT2D eigenvalue weighted by Gasteiger charge is -2.21. The number of esters is 4. The monoisotopic (exact) mass is 1450 g/mol. The van der Waals surface area contributed by atoms with Crippen LogP contribution in [0.5, 0.6) is 0 Å². The maximum absolute atomic E-state index is 13.1. The molecule has 0 radical (unpaired) electrons. The van der Waals surface area contributed by atoms with Gasteiger partial charge < -0.3 is 33.8 Å². The molecule has 0 heterocycles. The third-order valence-corrected chi connectivity index (χ3v) is 20.3. The summed E-state index contributed by atoms with van der Waals surface area (Å²) in [6.45, 7) is 9.56. The van der Waals surface area contributed by atoms with Gasteiger partial charge in [0.2, 0.25) is 0 Å². The van der Waals surface area contributed by atoms with Gasteiger partial charge in [-0.25, -0.2) is 9.13 Å². The van der Waals surface area contributed by atoms with Crippen molar-refractivity contribution in [3.05, 3.63) is 24.3 Å². The summed E-state index contributed by atoms with van der Waals surface area (Å²) in [4.78, 5) is 72.6. The standard InChI is InChI=1S/C80H152O17P2/c1-7-10-12-14-15-16-17-18-23-31-36-41-46-52-58-64-79(84)96-75(68-90-77(82)62-56-48-13-11-8-2)70-94-98(86,87)92-66-74(81)67-93-99(88,89)95-71-76(69-91-78(83)63-57-51-45-40-35-30-27-26-29-34-39-44-50-55-61-73(6)9-3)97-80(85)65-59-53-47-42-37-32-25-22-20-19-21-24-28-33-38-43-49-54-60-72(4)5/h16-18,23,72-76,81H,7-15,19-22,24-71H2,1-6H3,(H,86,87)(H,88,89)/b17-16-,23-18-/t73?,74-,75+,76+/m0/s1. The van der Waals surface area contributed by atoms with Crippen molar-refractivity contribution in [3.63, 3.8) is 0 Å². The number of allylic oxidation sites excluding steroid dienone is 4. The highest BCUT2D eigenvalue weighted by atomic mass is 31.2. The summed E-state index contributed by atoms with van der Waals surface area (Å²) < 4.78 is 68.4. The van der Waals surface area contributed by atoms with E-state index in [1.54, 1.807) is 0 Å². The second-order valence-electron chi connectivity index (χ2n) is 28.8. The van der Waals surface area contributed by atoms with E-state index in [2.05, 4.69) is 65.8 Å². The Morgan fingerprint density at radius 2 is 0.596 bits per heavy atom. The van der Waals surface area contributed by atoms with Gasteiger partial charge in [-0.05, 0) is 63.2 Å². The van der Waals surface area contributed by atoms with Crippen LogP contribution in [0, 0.1) is 11.8 Å². The molecule has 0 spiro atoms. The highest BCUT2D eigenvalue weighted by Crippen LogP contribution is 2.45. The molecule has 3 unspecified atom stereocenters. The van der Waals surface area contributed by atoms with Crippen molar-refractivity contribution in [2.24, 2.45) is 11.8 Å². The normalized spacial score (nSPS) is 14.4. The molecule has 0 rings (SSSR count). The van der Waals surface area contributed by atoms with Gasteiger partial charge >= 0.3 is 39.5 Å². The van der Waals surface area contributed by atoms with Crippen molar-refractivity contribution in [1.82, 2.24) is 0 Å². The Hall–Kier alpha value is -2.46. The average molecular weight is 1450 g/mol. The molecule has 0 aliphatic rings. The number of carbonyl (C=O) groups excluding carboxylic acids is 4. The lowest BCUT2D eigenvalue weighted by molar-refractivity contribution is -0.161. The van der Waals surface area contributed by atoms with Gasteiger partial charge in [-0.1, -0.05) is 342 Å². The highest BCUT2D eigenvalue weighted by molar-refractivity contribution is 7.47. The summed E-state index contributed by atoms with van der Waals surface area (Å²) in [5, 5.41) is 10.6. The minimum absolute atomic E-state index is 0.0842. The van der Waals surface area contributed by atoms with Crippen LogP contribution in [0.25, 0.3) is 0 Å². The lowest BCUT2D eigenvalue weighted by Crippen LogP contribution is -2.30. The maximum Gasteiger partial charge on any atom is 0.472 e. The average Bonchev–Trinajstić information content (AvgIpc) is 1.17. The molecule has 0 fully saturated rings. The molecule has 0 aromatic heterocycles. The first-order valence-electron chi connectivity index (χ1n) is 40.8. The minimum atomic E-state index is -4.96. The van der Waals surface area contributed by atoms with Gasteiger partial charge in [-0.3, -0.25) is 37.3 Å². The van der Waals surface area contributed by atoms with Gasteiger partial charge in [0.25, 0.3) is 0 Å². The van der Waals surface area contributed by atoms with Crippen LogP contribution in [0.4, 0.5) is 0 Å². The molecule has 6 atom stereocenters. The van der Waals surface area contributed by atoms with Crippen LogP contribution < -0.4 is 0 Å². The fourth-order valence-corrected chi connectivity index (χ4v) is 13.4. The number of carbonyl (C=O) groups is 4. The van der Waals surface area contributed by atoms with E-state index in [0.717, 1.165) is 121 Å². The second-order valence-corrected chi connectivity index (χ2v) is 31.7. The predicted molar refractivity (Wildman–Crippen MR) is 404 cm³/mol. The number of phosphoric ester groups is 2. The SMILES string of the molecule is CCCCCC/C=C\C=C/CCCCCCCC(=O)O[C@H](COC(=O)CCCCCCC)COP(=O)(O)OC[C@H](O)COP(=O)(O)OC[C@@H](COC(=O)CCCCCCCCCCCCCCCCC(C)CC)OC(=O)CCCCCCCCCCCCCCCCCCCCC(C)C. The molecule has 0 amide bonds. The van der Waals surface area contributed by atoms with E-state index < -0.39 is 97.5 Å². The first-order chi connectivity index (χ1) is 47.9. The van der Waals surface area contributed by atoms with Crippen molar-refractivity contribution in [2.45, 2.75) is 413 Å².